The molecule has 2 rings (SSSR count). The lowest BCUT2D eigenvalue weighted by Gasteiger charge is -2.07. The second-order valence-electron chi connectivity index (χ2n) is 6.56. The first kappa shape index (κ1) is 18.2. The number of ether oxygens (including phenoxy) is 3. The molecule has 2 atom stereocenters. The van der Waals surface area contributed by atoms with Gasteiger partial charge in [0.25, 0.3) is 0 Å². The predicted molar refractivity (Wildman–Crippen MR) is 88.9 cm³/mol. The first-order valence-electron chi connectivity index (χ1n) is 7.89. The molecule has 1 aromatic carbocycles. The minimum absolute atomic E-state index is 0.00632. The van der Waals surface area contributed by atoms with Crippen molar-refractivity contribution in [3.63, 3.8) is 0 Å². The Labute approximate surface area is 142 Å². The molecule has 24 heavy (non-hydrogen) atoms. The summed E-state index contributed by atoms with van der Waals surface area (Å²) in [7, 11) is 2.98. The fourth-order valence-electron chi connectivity index (χ4n) is 2.88. The van der Waals surface area contributed by atoms with Gasteiger partial charge in [-0.3, -0.25) is 4.79 Å². The van der Waals surface area contributed by atoms with Crippen molar-refractivity contribution in [3.05, 3.63) is 47.5 Å². The molecule has 5 nitrogen and oxygen atoms in total. The third kappa shape index (κ3) is 4.23. The summed E-state index contributed by atoms with van der Waals surface area (Å²) in [4.78, 5) is 23.5. The SMILES string of the molecule is COCc1ccc(COC(=O)C2C(/C=C/C(=O)OC)C2(C)C)cc1. The van der Waals surface area contributed by atoms with E-state index in [1.165, 1.54) is 13.2 Å². The lowest BCUT2D eigenvalue weighted by Crippen LogP contribution is -2.10. The van der Waals surface area contributed by atoms with E-state index < -0.39 is 5.97 Å². The van der Waals surface area contributed by atoms with Gasteiger partial charge in [-0.15, -0.1) is 0 Å². The molecular weight excluding hydrogens is 308 g/mol. The molecule has 0 radical (unpaired) electrons. The first-order valence-corrected chi connectivity index (χ1v) is 7.89. The Morgan fingerprint density at radius 1 is 1.08 bits per heavy atom. The molecule has 0 spiro atoms. The van der Waals surface area contributed by atoms with Crippen molar-refractivity contribution in [2.24, 2.45) is 17.3 Å². The molecule has 1 aliphatic carbocycles. The van der Waals surface area contributed by atoms with Gasteiger partial charge in [0.05, 0.1) is 19.6 Å². The highest BCUT2D eigenvalue weighted by atomic mass is 16.5. The molecule has 1 aromatic rings. The van der Waals surface area contributed by atoms with Crippen LogP contribution >= 0.6 is 0 Å². The van der Waals surface area contributed by atoms with Crippen molar-refractivity contribution in [1.29, 1.82) is 0 Å². The van der Waals surface area contributed by atoms with Crippen molar-refractivity contribution < 1.29 is 23.8 Å². The minimum Gasteiger partial charge on any atom is -0.466 e. The van der Waals surface area contributed by atoms with Crippen molar-refractivity contribution in [1.82, 2.24) is 0 Å². The van der Waals surface area contributed by atoms with Crippen LogP contribution < -0.4 is 0 Å². The molecule has 0 aromatic heterocycles. The molecule has 1 saturated carbocycles. The summed E-state index contributed by atoms with van der Waals surface area (Å²) in [5.41, 5.74) is 1.80. The molecule has 0 amide bonds. The van der Waals surface area contributed by atoms with E-state index in [1.54, 1.807) is 13.2 Å². The number of hydrogen-bond acceptors (Lipinski definition) is 5. The third-order valence-electron chi connectivity index (χ3n) is 4.52. The van der Waals surface area contributed by atoms with E-state index in [1.807, 2.05) is 38.1 Å². The van der Waals surface area contributed by atoms with Gasteiger partial charge in [0.1, 0.15) is 6.61 Å². The molecular formula is C19H24O5. The van der Waals surface area contributed by atoms with Crippen LogP contribution in [0.1, 0.15) is 25.0 Å². The standard InChI is InChI=1S/C19H24O5/c1-19(2)15(9-10-16(20)23-4)17(19)18(21)24-12-14-7-5-13(6-8-14)11-22-3/h5-10,15,17H,11-12H2,1-4H3/b10-9+. The van der Waals surface area contributed by atoms with Crippen LogP contribution in [0.15, 0.2) is 36.4 Å². The van der Waals surface area contributed by atoms with Crippen LogP contribution in [0.2, 0.25) is 0 Å². The molecule has 1 fully saturated rings. The van der Waals surface area contributed by atoms with Gasteiger partial charge >= 0.3 is 11.9 Å². The molecule has 0 N–H and O–H groups in total. The average Bonchev–Trinajstić information content (AvgIpc) is 3.12. The molecule has 130 valence electrons. The molecule has 1 aliphatic rings. The summed E-state index contributed by atoms with van der Waals surface area (Å²) >= 11 is 0. The highest BCUT2D eigenvalue weighted by Crippen LogP contribution is 2.59. The number of benzene rings is 1. The van der Waals surface area contributed by atoms with E-state index in [0.29, 0.717) is 6.61 Å². The molecule has 5 heteroatoms. The summed E-state index contributed by atoms with van der Waals surface area (Å²) in [5, 5.41) is 0. The predicted octanol–water partition coefficient (Wildman–Crippen LogP) is 2.88. The van der Waals surface area contributed by atoms with Crippen molar-refractivity contribution in [3.8, 4) is 0 Å². The van der Waals surface area contributed by atoms with E-state index in [9.17, 15) is 9.59 Å². The Morgan fingerprint density at radius 3 is 2.21 bits per heavy atom. The average molecular weight is 332 g/mol. The summed E-state index contributed by atoms with van der Waals surface area (Å²) in [6.07, 6.45) is 3.10. The van der Waals surface area contributed by atoms with Gasteiger partial charge in [-0.05, 0) is 22.5 Å². The number of allylic oxidation sites excluding steroid dienone is 1. The van der Waals surface area contributed by atoms with Crippen LogP contribution in [-0.2, 0) is 37.0 Å². The van der Waals surface area contributed by atoms with Gasteiger partial charge in [-0.25, -0.2) is 4.79 Å². The highest BCUT2D eigenvalue weighted by molar-refractivity contribution is 5.83. The van der Waals surface area contributed by atoms with Crippen LogP contribution in [0, 0.1) is 17.3 Å². The maximum absolute atomic E-state index is 12.3. The Kier molecular flexibility index (Phi) is 5.78. The summed E-state index contributed by atoms with van der Waals surface area (Å²) < 4.78 is 15.1. The van der Waals surface area contributed by atoms with Gasteiger partial charge in [-0.2, -0.15) is 0 Å². The van der Waals surface area contributed by atoms with Crippen LogP contribution in [0.5, 0.6) is 0 Å². The maximum Gasteiger partial charge on any atom is 0.330 e. The van der Waals surface area contributed by atoms with Crippen molar-refractivity contribution in [2.75, 3.05) is 14.2 Å². The zero-order valence-corrected chi connectivity index (χ0v) is 14.6. The molecule has 0 saturated heterocycles. The van der Waals surface area contributed by atoms with Crippen molar-refractivity contribution >= 4 is 11.9 Å². The maximum atomic E-state index is 12.3. The van der Waals surface area contributed by atoms with Crippen LogP contribution in [0.3, 0.4) is 0 Å². The lowest BCUT2D eigenvalue weighted by molar-refractivity contribution is -0.147. The number of esters is 2. The number of carbonyl (C=O) groups excluding carboxylic acids is 2. The normalized spacial score (nSPS) is 21.5. The zero-order chi connectivity index (χ0) is 17.7. The third-order valence-corrected chi connectivity index (χ3v) is 4.52. The molecule has 0 aliphatic heterocycles. The van der Waals surface area contributed by atoms with E-state index in [2.05, 4.69) is 4.74 Å². The number of hydrogen-bond donors (Lipinski definition) is 0. The van der Waals surface area contributed by atoms with E-state index in [4.69, 9.17) is 9.47 Å². The Morgan fingerprint density at radius 2 is 1.67 bits per heavy atom. The van der Waals surface area contributed by atoms with E-state index >= 15 is 0 Å². The highest BCUT2D eigenvalue weighted by Gasteiger charge is 2.61. The van der Waals surface area contributed by atoms with Gasteiger partial charge in [0.15, 0.2) is 0 Å². The fraction of sp³-hybridized carbons (Fsp3) is 0.474. The van der Waals surface area contributed by atoms with Crippen LogP contribution in [-0.4, -0.2) is 26.2 Å². The van der Waals surface area contributed by atoms with Gasteiger partial charge in [0.2, 0.25) is 0 Å². The Hall–Kier alpha value is -2.14. The Balaban J connectivity index is 1.88. The smallest absolute Gasteiger partial charge is 0.330 e. The van der Waals surface area contributed by atoms with Crippen LogP contribution in [0.25, 0.3) is 0 Å². The molecule has 2 unspecified atom stereocenters. The van der Waals surface area contributed by atoms with Gasteiger partial charge in [-0.1, -0.05) is 44.2 Å². The van der Waals surface area contributed by atoms with E-state index in [0.717, 1.165) is 11.1 Å². The number of methoxy groups -OCH3 is 2. The number of carbonyl (C=O) groups is 2. The summed E-state index contributed by atoms with van der Waals surface area (Å²) in [6.45, 7) is 4.78. The van der Waals surface area contributed by atoms with Gasteiger partial charge in [0, 0.05) is 13.2 Å². The largest absolute Gasteiger partial charge is 0.466 e. The minimum atomic E-state index is -0.416. The Bertz CT molecular complexity index is 615. The monoisotopic (exact) mass is 332 g/mol. The van der Waals surface area contributed by atoms with E-state index in [-0.39, 0.29) is 29.8 Å². The fourth-order valence-corrected chi connectivity index (χ4v) is 2.88. The lowest BCUT2D eigenvalue weighted by atomic mass is 10.1. The second kappa shape index (κ2) is 7.62. The first-order chi connectivity index (χ1) is 11.4. The molecule has 0 bridgehead atoms. The van der Waals surface area contributed by atoms with Crippen molar-refractivity contribution in [2.45, 2.75) is 27.1 Å². The molecule has 0 heterocycles. The quantitative estimate of drug-likeness (QED) is 0.567. The van der Waals surface area contributed by atoms with Gasteiger partial charge < -0.3 is 14.2 Å². The summed E-state index contributed by atoms with van der Waals surface area (Å²) in [6, 6.07) is 7.76. The summed E-state index contributed by atoms with van der Waals surface area (Å²) in [5.74, 6) is -0.888. The topological polar surface area (TPSA) is 61.8 Å². The van der Waals surface area contributed by atoms with Crippen LogP contribution in [0.4, 0.5) is 0 Å². The number of rotatable bonds is 7. The zero-order valence-electron chi connectivity index (χ0n) is 14.6. The second-order valence-corrected chi connectivity index (χ2v) is 6.56.